The number of nitrogens with zero attached hydrogens (tertiary/aromatic N) is 1. The van der Waals surface area contributed by atoms with Gasteiger partial charge < -0.3 is 0 Å². The maximum atomic E-state index is 12.6. The van der Waals surface area contributed by atoms with Crippen LogP contribution < -0.4 is 10.1 Å². The lowest BCUT2D eigenvalue weighted by Gasteiger charge is -2.09. The summed E-state index contributed by atoms with van der Waals surface area (Å²) in [6.07, 6.45) is 0. The normalized spacial score (nSPS) is 11.8. The molecule has 3 rings (SSSR count). The molecule has 30 heavy (non-hydrogen) atoms. The van der Waals surface area contributed by atoms with Crippen LogP contribution in [0.15, 0.2) is 82.8 Å². The van der Waals surface area contributed by atoms with E-state index in [9.17, 15) is 13.2 Å². The van der Waals surface area contributed by atoms with E-state index in [-0.39, 0.29) is 10.5 Å². The monoisotopic (exact) mass is 461 g/mol. The van der Waals surface area contributed by atoms with Crippen LogP contribution in [0.25, 0.3) is 0 Å². The van der Waals surface area contributed by atoms with Gasteiger partial charge in [-0.05, 0) is 55.5 Å². The number of benzene rings is 3. The molecule has 0 aliphatic rings. The summed E-state index contributed by atoms with van der Waals surface area (Å²) in [5, 5.41) is 5.05. The molecule has 0 spiro atoms. The van der Waals surface area contributed by atoms with Crippen molar-refractivity contribution < 1.29 is 13.2 Å². The molecular formula is C21H17Cl2N3O3S. The van der Waals surface area contributed by atoms with Crippen LogP contribution in [0, 0.1) is 0 Å². The Morgan fingerprint density at radius 1 is 0.933 bits per heavy atom. The van der Waals surface area contributed by atoms with Crippen LogP contribution in [0.2, 0.25) is 10.0 Å². The fourth-order valence-corrected chi connectivity index (χ4v) is 4.05. The van der Waals surface area contributed by atoms with Gasteiger partial charge >= 0.3 is 0 Å². The third-order valence-corrected chi connectivity index (χ3v) is 6.05. The second-order valence-electron chi connectivity index (χ2n) is 6.26. The van der Waals surface area contributed by atoms with Gasteiger partial charge in [-0.15, -0.1) is 0 Å². The van der Waals surface area contributed by atoms with Gasteiger partial charge in [-0.25, -0.2) is 13.8 Å². The van der Waals surface area contributed by atoms with Gasteiger partial charge in [0, 0.05) is 26.9 Å². The van der Waals surface area contributed by atoms with Crippen molar-refractivity contribution in [3.05, 3.63) is 94.0 Å². The number of rotatable bonds is 6. The Balaban J connectivity index is 1.77. The Bertz CT molecular complexity index is 1210. The molecule has 9 heteroatoms. The molecule has 0 radical (unpaired) electrons. The Morgan fingerprint density at radius 2 is 1.63 bits per heavy atom. The molecular weight excluding hydrogens is 445 g/mol. The summed E-state index contributed by atoms with van der Waals surface area (Å²) >= 11 is 11.9. The van der Waals surface area contributed by atoms with E-state index in [4.69, 9.17) is 23.2 Å². The second kappa shape index (κ2) is 9.30. The summed E-state index contributed by atoms with van der Waals surface area (Å²) in [5.74, 6) is -0.551. The lowest BCUT2D eigenvalue weighted by molar-refractivity contribution is 0.0954. The van der Waals surface area contributed by atoms with Crippen LogP contribution in [0.5, 0.6) is 0 Å². The number of halogens is 2. The minimum atomic E-state index is -3.89. The smallest absolute Gasteiger partial charge is 0.271 e. The van der Waals surface area contributed by atoms with Crippen molar-refractivity contribution in [1.29, 1.82) is 0 Å². The molecule has 2 N–H and O–H groups in total. The third kappa shape index (κ3) is 5.38. The largest absolute Gasteiger partial charge is 0.280 e. The maximum absolute atomic E-state index is 12.6. The van der Waals surface area contributed by atoms with Crippen LogP contribution in [0.4, 0.5) is 5.69 Å². The van der Waals surface area contributed by atoms with Gasteiger partial charge in [0.05, 0.1) is 10.6 Å². The Morgan fingerprint density at radius 3 is 2.33 bits per heavy atom. The minimum absolute atomic E-state index is 0.0584. The van der Waals surface area contributed by atoms with Gasteiger partial charge in [-0.3, -0.25) is 9.52 Å². The van der Waals surface area contributed by atoms with Crippen molar-refractivity contribution in [2.75, 3.05) is 4.72 Å². The van der Waals surface area contributed by atoms with E-state index in [1.807, 2.05) is 6.07 Å². The first kappa shape index (κ1) is 21.8. The molecule has 3 aromatic rings. The first-order chi connectivity index (χ1) is 14.3. The predicted octanol–water partition coefficient (Wildman–Crippen LogP) is 4.95. The van der Waals surface area contributed by atoms with Crippen molar-refractivity contribution in [3.63, 3.8) is 0 Å². The molecule has 0 saturated carbocycles. The van der Waals surface area contributed by atoms with Gasteiger partial charge in [-0.2, -0.15) is 5.10 Å². The predicted molar refractivity (Wildman–Crippen MR) is 120 cm³/mol. The summed E-state index contributed by atoms with van der Waals surface area (Å²) in [4.78, 5) is 12.4. The average Bonchev–Trinajstić information content (AvgIpc) is 2.73. The SMILES string of the molecule is C/C(=N/NC(=O)c1cccc(S(=O)(=O)Nc2ccc(Cl)cc2)c1)c1ccccc1Cl. The summed E-state index contributed by atoms with van der Waals surface area (Å²) in [7, 11) is -3.89. The highest BCUT2D eigenvalue weighted by Crippen LogP contribution is 2.19. The summed E-state index contributed by atoms with van der Waals surface area (Å²) in [5.41, 5.74) is 4.12. The Kier molecular flexibility index (Phi) is 6.77. The third-order valence-electron chi connectivity index (χ3n) is 4.09. The molecule has 0 bridgehead atoms. The number of hydrogen-bond acceptors (Lipinski definition) is 4. The molecule has 1 amide bonds. The number of hydrogen-bond donors (Lipinski definition) is 2. The van der Waals surface area contributed by atoms with Crippen molar-refractivity contribution in [1.82, 2.24) is 5.43 Å². The van der Waals surface area contributed by atoms with Crippen LogP contribution in [-0.4, -0.2) is 20.0 Å². The molecule has 0 heterocycles. The van der Waals surface area contributed by atoms with E-state index in [2.05, 4.69) is 15.2 Å². The van der Waals surface area contributed by atoms with Crippen LogP contribution in [0.1, 0.15) is 22.8 Å². The van der Waals surface area contributed by atoms with Crippen molar-refractivity contribution in [3.8, 4) is 0 Å². The summed E-state index contributed by atoms with van der Waals surface area (Å²) in [6, 6.07) is 19.0. The van der Waals surface area contributed by atoms with E-state index < -0.39 is 15.9 Å². The van der Waals surface area contributed by atoms with Crippen molar-refractivity contribution in [2.24, 2.45) is 5.10 Å². The first-order valence-electron chi connectivity index (χ1n) is 8.74. The Hall–Kier alpha value is -2.87. The number of anilines is 1. The highest BCUT2D eigenvalue weighted by atomic mass is 35.5. The molecule has 0 aromatic heterocycles. The lowest BCUT2D eigenvalue weighted by Crippen LogP contribution is -2.20. The number of carbonyl (C=O) groups is 1. The highest BCUT2D eigenvalue weighted by Gasteiger charge is 2.16. The zero-order chi connectivity index (χ0) is 21.7. The standard InChI is InChI=1S/C21H17Cl2N3O3S/c1-14(19-7-2-3-8-20(19)23)24-25-21(27)15-5-4-6-18(13-15)30(28,29)26-17-11-9-16(22)10-12-17/h2-13,26H,1H3,(H,25,27)/b24-14-. The highest BCUT2D eigenvalue weighted by molar-refractivity contribution is 7.92. The molecule has 0 atom stereocenters. The van der Waals surface area contributed by atoms with Crippen LogP contribution >= 0.6 is 23.2 Å². The zero-order valence-corrected chi connectivity index (χ0v) is 18.1. The van der Waals surface area contributed by atoms with E-state index >= 15 is 0 Å². The van der Waals surface area contributed by atoms with E-state index in [0.29, 0.717) is 27.0 Å². The zero-order valence-electron chi connectivity index (χ0n) is 15.8. The summed E-state index contributed by atoms with van der Waals surface area (Å²) < 4.78 is 27.7. The van der Waals surface area contributed by atoms with Gasteiger partial charge in [-0.1, -0.05) is 47.5 Å². The van der Waals surface area contributed by atoms with E-state index in [1.54, 1.807) is 49.4 Å². The van der Waals surface area contributed by atoms with Crippen molar-refractivity contribution in [2.45, 2.75) is 11.8 Å². The fraction of sp³-hybridized carbons (Fsp3) is 0.0476. The lowest BCUT2D eigenvalue weighted by atomic mass is 10.1. The first-order valence-corrected chi connectivity index (χ1v) is 11.0. The van der Waals surface area contributed by atoms with Crippen LogP contribution in [0.3, 0.4) is 0 Å². The van der Waals surface area contributed by atoms with Gasteiger partial charge in [0.15, 0.2) is 0 Å². The molecule has 3 aromatic carbocycles. The topological polar surface area (TPSA) is 87.6 Å². The molecule has 0 unspecified atom stereocenters. The molecule has 6 nitrogen and oxygen atoms in total. The number of hydrazone groups is 1. The van der Waals surface area contributed by atoms with E-state index in [0.717, 1.165) is 0 Å². The molecule has 0 saturated heterocycles. The quantitative estimate of drug-likeness (QED) is 0.402. The minimum Gasteiger partial charge on any atom is -0.280 e. The second-order valence-corrected chi connectivity index (χ2v) is 8.78. The Labute approximate surface area is 184 Å². The van der Waals surface area contributed by atoms with Gasteiger partial charge in [0.2, 0.25) is 0 Å². The number of sulfonamides is 1. The number of carbonyl (C=O) groups excluding carboxylic acids is 1. The fourth-order valence-electron chi connectivity index (χ4n) is 2.55. The van der Waals surface area contributed by atoms with Crippen molar-refractivity contribution >= 4 is 50.5 Å². The summed E-state index contributed by atoms with van der Waals surface area (Å²) in [6.45, 7) is 1.71. The van der Waals surface area contributed by atoms with Crippen LogP contribution in [-0.2, 0) is 10.0 Å². The van der Waals surface area contributed by atoms with E-state index in [1.165, 1.54) is 24.3 Å². The molecule has 0 aliphatic carbocycles. The number of nitrogens with one attached hydrogen (secondary N) is 2. The number of amides is 1. The average molecular weight is 462 g/mol. The molecule has 0 aliphatic heterocycles. The van der Waals surface area contributed by atoms with Gasteiger partial charge in [0.1, 0.15) is 0 Å². The van der Waals surface area contributed by atoms with Gasteiger partial charge in [0.25, 0.3) is 15.9 Å². The maximum Gasteiger partial charge on any atom is 0.271 e. The molecule has 0 fully saturated rings. The molecule has 154 valence electrons.